The lowest BCUT2D eigenvalue weighted by Crippen LogP contribution is -2.54. The van der Waals surface area contributed by atoms with E-state index < -0.39 is 6.04 Å². The van der Waals surface area contributed by atoms with E-state index in [-0.39, 0.29) is 25.0 Å². The van der Waals surface area contributed by atoms with Crippen molar-refractivity contribution in [2.24, 2.45) is 0 Å². The van der Waals surface area contributed by atoms with Crippen LogP contribution < -0.4 is 5.32 Å². The molecule has 1 aromatic carbocycles. The second-order valence-corrected chi connectivity index (χ2v) is 5.60. The van der Waals surface area contributed by atoms with Gasteiger partial charge >= 0.3 is 0 Å². The average molecular weight is 318 g/mol. The Kier molecular flexibility index (Phi) is 4.40. The summed E-state index contributed by atoms with van der Waals surface area (Å²) in [6, 6.07) is 8.87. The van der Waals surface area contributed by atoms with Crippen LogP contribution in [0.2, 0.25) is 0 Å². The summed E-state index contributed by atoms with van der Waals surface area (Å²) < 4.78 is 5.22. The van der Waals surface area contributed by atoms with Crippen molar-refractivity contribution in [3.05, 3.63) is 41.4 Å². The van der Waals surface area contributed by atoms with Gasteiger partial charge in [0.1, 0.15) is 18.2 Å². The van der Waals surface area contributed by atoms with Crippen LogP contribution in [0.1, 0.15) is 5.56 Å². The first-order valence-electron chi connectivity index (χ1n) is 6.72. The van der Waals surface area contributed by atoms with Gasteiger partial charge in [0.25, 0.3) is 5.91 Å². The molecule has 2 heterocycles. The van der Waals surface area contributed by atoms with Crippen molar-refractivity contribution >= 4 is 28.3 Å². The van der Waals surface area contributed by atoms with Gasteiger partial charge in [-0.2, -0.15) is 0 Å². The van der Waals surface area contributed by atoms with E-state index in [0.29, 0.717) is 11.7 Å². The molecular weight excluding hydrogens is 304 g/mol. The maximum atomic E-state index is 12.4. The average Bonchev–Trinajstić information content (AvgIpc) is 3.03. The first-order chi connectivity index (χ1) is 10.7. The van der Waals surface area contributed by atoms with E-state index >= 15 is 0 Å². The minimum atomic E-state index is -0.676. The van der Waals surface area contributed by atoms with Crippen LogP contribution in [-0.2, 0) is 20.9 Å². The van der Waals surface area contributed by atoms with Gasteiger partial charge in [0.2, 0.25) is 11.0 Å². The van der Waals surface area contributed by atoms with Crippen molar-refractivity contribution in [3.63, 3.8) is 0 Å². The predicted molar refractivity (Wildman–Crippen MR) is 80.1 cm³/mol. The number of nitrogens with zero attached hydrogens (tertiary/aromatic N) is 3. The molecule has 1 fully saturated rings. The SMILES string of the molecule is O=C(Nc1nncs1)[C@H]1COCC(=O)N1Cc1ccccc1. The maximum absolute atomic E-state index is 12.4. The van der Waals surface area contributed by atoms with Crippen LogP contribution in [0.4, 0.5) is 5.13 Å². The Hall–Kier alpha value is -2.32. The van der Waals surface area contributed by atoms with Gasteiger partial charge < -0.3 is 9.64 Å². The minimum Gasteiger partial charge on any atom is -0.369 e. The highest BCUT2D eigenvalue weighted by Crippen LogP contribution is 2.16. The third kappa shape index (κ3) is 3.29. The van der Waals surface area contributed by atoms with E-state index in [4.69, 9.17) is 4.74 Å². The van der Waals surface area contributed by atoms with Gasteiger partial charge in [0.05, 0.1) is 6.61 Å². The molecule has 1 aliphatic heterocycles. The Bertz CT molecular complexity index is 647. The van der Waals surface area contributed by atoms with E-state index in [1.54, 1.807) is 0 Å². The third-order valence-electron chi connectivity index (χ3n) is 3.29. The summed E-state index contributed by atoms with van der Waals surface area (Å²) in [4.78, 5) is 26.0. The van der Waals surface area contributed by atoms with Gasteiger partial charge in [-0.3, -0.25) is 14.9 Å². The number of carbonyl (C=O) groups excluding carboxylic acids is 2. The predicted octanol–water partition coefficient (Wildman–Crippen LogP) is 0.904. The second-order valence-electron chi connectivity index (χ2n) is 4.77. The molecule has 2 aromatic rings. The van der Waals surface area contributed by atoms with E-state index in [1.807, 2.05) is 30.3 Å². The van der Waals surface area contributed by atoms with E-state index in [2.05, 4.69) is 15.5 Å². The van der Waals surface area contributed by atoms with Crippen LogP contribution in [0, 0.1) is 0 Å². The molecule has 1 N–H and O–H groups in total. The fourth-order valence-electron chi connectivity index (χ4n) is 2.22. The molecule has 7 nitrogen and oxygen atoms in total. The normalized spacial score (nSPS) is 18.3. The molecule has 114 valence electrons. The summed E-state index contributed by atoms with van der Waals surface area (Å²) in [5.41, 5.74) is 2.49. The number of anilines is 1. The number of ether oxygens (including phenoxy) is 1. The molecule has 0 unspecified atom stereocenters. The number of carbonyl (C=O) groups is 2. The Labute approximate surface area is 130 Å². The van der Waals surface area contributed by atoms with Crippen LogP contribution in [0.5, 0.6) is 0 Å². The lowest BCUT2D eigenvalue weighted by atomic mass is 10.1. The molecule has 2 amide bonds. The van der Waals surface area contributed by atoms with Gasteiger partial charge in [-0.25, -0.2) is 0 Å². The lowest BCUT2D eigenvalue weighted by molar-refractivity contribution is -0.154. The second kappa shape index (κ2) is 6.63. The van der Waals surface area contributed by atoms with Gasteiger partial charge in [-0.05, 0) is 5.56 Å². The van der Waals surface area contributed by atoms with Crippen LogP contribution >= 0.6 is 11.3 Å². The summed E-state index contributed by atoms with van der Waals surface area (Å²) in [6.45, 7) is 0.538. The number of morpholine rings is 1. The summed E-state index contributed by atoms with van der Waals surface area (Å²) in [6.07, 6.45) is 0. The molecule has 0 bridgehead atoms. The quantitative estimate of drug-likeness (QED) is 0.905. The number of benzene rings is 1. The summed E-state index contributed by atoms with van der Waals surface area (Å²) in [5.74, 6) is -0.520. The molecular formula is C14H14N4O3S. The van der Waals surface area contributed by atoms with Crippen molar-refractivity contribution in [3.8, 4) is 0 Å². The largest absolute Gasteiger partial charge is 0.369 e. The Morgan fingerprint density at radius 2 is 2.23 bits per heavy atom. The van der Waals surface area contributed by atoms with Crippen LogP contribution in [-0.4, -0.2) is 46.2 Å². The van der Waals surface area contributed by atoms with E-state index in [0.717, 1.165) is 5.56 Å². The summed E-state index contributed by atoms with van der Waals surface area (Å²) in [5, 5.41) is 10.5. The van der Waals surface area contributed by atoms with E-state index in [9.17, 15) is 9.59 Å². The molecule has 3 rings (SSSR count). The van der Waals surface area contributed by atoms with Crippen molar-refractivity contribution in [1.29, 1.82) is 0 Å². The zero-order valence-electron chi connectivity index (χ0n) is 11.6. The summed E-state index contributed by atoms with van der Waals surface area (Å²) in [7, 11) is 0. The number of hydrogen-bond acceptors (Lipinski definition) is 6. The Morgan fingerprint density at radius 3 is 2.95 bits per heavy atom. The molecule has 1 atom stereocenters. The monoisotopic (exact) mass is 318 g/mol. The van der Waals surface area contributed by atoms with Gasteiger partial charge in [0, 0.05) is 6.54 Å². The van der Waals surface area contributed by atoms with Crippen molar-refractivity contribution < 1.29 is 14.3 Å². The number of aromatic nitrogens is 2. The Morgan fingerprint density at radius 1 is 1.41 bits per heavy atom. The molecule has 0 radical (unpaired) electrons. The molecule has 0 saturated carbocycles. The highest BCUT2D eigenvalue weighted by molar-refractivity contribution is 7.13. The highest BCUT2D eigenvalue weighted by atomic mass is 32.1. The van der Waals surface area contributed by atoms with Crippen molar-refractivity contribution in [2.75, 3.05) is 18.5 Å². The molecule has 1 aliphatic rings. The number of hydrogen-bond donors (Lipinski definition) is 1. The van der Waals surface area contributed by atoms with Crippen LogP contribution in [0.3, 0.4) is 0 Å². The smallest absolute Gasteiger partial charge is 0.251 e. The zero-order chi connectivity index (χ0) is 15.4. The fraction of sp³-hybridized carbons (Fsp3) is 0.286. The minimum absolute atomic E-state index is 0.00454. The third-order valence-corrected chi connectivity index (χ3v) is 3.89. The molecule has 22 heavy (non-hydrogen) atoms. The van der Waals surface area contributed by atoms with Crippen LogP contribution in [0.15, 0.2) is 35.8 Å². The highest BCUT2D eigenvalue weighted by Gasteiger charge is 2.34. The first-order valence-corrected chi connectivity index (χ1v) is 7.60. The van der Waals surface area contributed by atoms with Gasteiger partial charge in [-0.1, -0.05) is 41.7 Å². The molecule has 0 aliphatic carbocycles. The van der Waals surface area contributed by atoms with Crippen molar-refractivity contribution in [1.82, 2.24) is 15.1 Å². The van der Waals surface area contributed by atoms with Gasteiger partial charge in [0.15, 0.2) is 0 Å². The number of amides is 2. The Balaban J connectivity index is 1.74. The number of rotatable bonds is 4. The zero-order valence-corrected chi connectivity index (χ0v) is 12.5. The molecule has 0 spiro atoms. The van der Waals surface area contributed by atoms with E-state index in [1.165, 1.54) is 21.7 Å². The molecule has 1 saturated heterocycles. The number of nitrogens with one attached hydrogen (secondary N) is 1. The van der Waals surface area contributed by atoms with Crippen LogP contribution in [0.25, 0.3) is 0 Å². The topological polar surface area (TPSA) is 84.4 Å². The molecule has 8 heteroatoms. The fourth-order valence-corrected chi connectivity index (χ4v) is 2.66. The standard InChI is InChI=1S/C14H14N4O3S/c19-12-8-21-7-11(13(20)16-14-17-15-9-22-14)18(12)6-10-4-2-1-3-5-10/h1-5,9,11H,6-8H2,(H,16,17,20)/t11-/m1/s1. The first kappa shape index (κ1) is 14.6. The maximum Gasteiger partial charge on any atom is 0.251 e. The molecule has 1 aromatic heterocycles. The van der Waals surface area contributed by atoms with Crippen molar-refractivity contribution in [2.45, 2.75) is 12.6 Å². The lowest BCUT2D eigenvalue weighted by Gasteiger charge is -2.34. The summed E-state index contributed by atoms with van der Waals surface area (Å²) >= 11 is 1.22. The van der Waals surface area contributed by atoms with Gasteiger partial charge in [-0.15, -0.1) is 10.2 Å².